The summed E-state index contributed by atoms with van der Waals surface area (Å²) < 4.78 is 11.5. The zero-order valence-corrected chi connectivity index (χ0v) is 29.3. The number of ether oxygens (including phenoxy) is 2. The fraction of sp³-hybridized carbons (Fsp3) is 0.326. The van der Waals surface area contributed by atoms with Crippen LogP contribution in [0.25, 0.3) is 21.9 Å². The van der Waals surface area contributed by atoms with Gasteiger partial charge in [-0.1, -0.05) is 107 Å². The highest BCUT2D eigenvalue weighted by atomic mass is 16.5. The van der Waals surface area contributed by atoms with Crippen molar-refractivity contribution in [1.82, 2.24) is 0 Å². The van der Waals surface area contributed by atoms with Gasteiger partial charge in [0.2, 0.25) is 0 Å². The third-order valence-electron chi connectivity index (χ3n) is 10.1. The second-order valence-corrected chi connectivity index (χ2v) is 13.0. The summed E-state index contributed by atoms with van der Waals surface area (Å²) >= 11 is 0. The third-order valence-corrected chi connectivity index (χ3v) is 10.1. The number of hydrogen-bond acceptors (Lipinski definition) is 4. The molecule has 0 bridgehead atoms. The Morgan fingerprint density at radius 3 is 1.85 bits per heavy atom. The quantitative estimate of drug-likeness (QED) is 0.118. The molecule has 0 aromatic heterocycles. The number of rotatable bonds is 9. The normalized spacial score (nSPS) is 14.9. The Morgan fingerprint density at radius 2 is 1.30 bits per heavy atom. The van der Waals surface area contributed by atoms with Crippen molar-refractivity contribution in [2.45, 2.75) is 65.7 Å². The van der Waals surface area contributed by atoms with Gasteiger partial charge in [-0.05, 0) is 100 Å². The molecule has 4 heteroatoms. The maximum Gasteiger partial charge on any atom is 0.317 e. The number of fused-ring (bicyclic) bond motifs is 5. The number of hydrogen-bond donors (Lipinski definition) is 0. The molecule has 244 valence electrons. The first-order valence-electron chi connectivity index (χ1n) is 17.0. The minimum Gasteiger partial charge on any atom is -0.497 e. The van der Waals surface area contributed by atoms with Crippen LogP contribution in [0.5, 0.6) is 11.5 Å². The van der Waals surface area contributed by atoms with Crippen LogP contribution in [0.3, 0.4) is 0 Å². The maximum absolute atomic E-state index is 13.1. The predicted molar refractivity (Wildman–Crippen MR) is 197 cm³/mol. The van der Waals surface area contributed by atoms with Gasteiger partial charge >= 0.3 is 5.97 Å². The second-order valence-electron chi connectivity index (χ2n) is 13.0. The smallest absolute Gasteiger partial charge is 0.317 e. The fourth-order valence-electron chi connectivity index (χ4n) is 6.54. The summed E-state index contributed by atoms with van der Waals surface area (Å²) in [7, 11) is 5.86. The number of anilines is 1. The lowest BCUT2D eigenvalue weighted by Crippen LogP contribution is -2.31. The number of methoxy groups -OCH3 is 1. The predicted octanol–water partition coefficient (Wildman–Crippen LogP) is 10.8. The molecule has 0 saturated carbocycles. The van der Waals surface area contributed by atoms with E-state index in [1.54, 1.807) is 7.11 Å². The molecule has 1 aliphatic carbocycles. The van der Waals surface area contributed by atoms with E-state index in [-0.39, 0.29) is 5.97 Å². The van der Waals surface area contributed by atoms with Crippen LogP contribution in [0, 0.1) is 5.41 Å². The number of benzene rings is 5. The molecular formula is C43H49NO3. The minimum atomic E-state index is -0.617. The molecule has 0 N–H and O–H groups in total. The molecule has 1 unspecified atom stereocenters. The van der Waals surface area contributed by atoms with E-state index in [4.69, 9.17) is 9.47 Å². The molecule has 0 heterocycles. The van der Waals surface area contributed by atoms with Crippen molar-refractivity contribution in [3.63, 3.8) is 0 Å². The molecule has 0 radical (unpaired) electrons. The van der Waals surface area contributed by atoms with E-state index in [1.165, 1.54) is 45.9 Å². The Bertz CT molecular complexity index is 1830. The topological polar surface area (TPSA) is 38.8 Å². The Hall–Kier alpha value is -4.57. The SMILES string of the molecule is CCC(C)(CC)C(=O)Oc1ccc(C2(c3ccc(OC)cc3)c3cc(N(C)C)ccc3-c3ccc4ccccc4c32)cc1.CCCC. The molecule has 0 aliphatic heterocycles. The van der Waals surface area contributed by atoms with Crippen molar-refractivity contribution >= 4 is 22.4 Å². The highest BCUT2D eigenvalue weighted by molar-refractivity contribution is 6.00. The monoisotopic (exact) mass is 627 g/mol. The van der Waals surface area contributed by atoms with E-state index >= 15 is 0 Å². The summed E-state index contributed by atoms with van der Waals surface area (Å²) in [5.74, 6) is 1.19. The molecule has 0 spiro atoms. The average molecular weight is 628 g/mol. The lowest BCUT2D eigenvalue weighted by atomic mass is 9.66. The Morgan fingerprint density at radius 1 is 0.723 bits per heavy atom. The largest absolute Gasteiger partial charge is 0.497 e. The van der Waals surface area contributed by atoms with Gasteiger partial charge in [0.25, 0.3) is 0 Å². The van der Waals surface area contributed by atoms with Gasteiger partial charge in [0, 0.05) is 19.8 Å². The Kier molecular flexibility index (Phi) is 10.1. The standard InChI is InChI=1S/C39H39NO3.C4H10/c1-7-38(3,8-2)37(41)43-31-21-16-28(17-22-31)39(27-14-19-30(42-6)20-15-27)35-25-29(40(4)5)18-24-33(35)34-23-13-26-11-9-10-12-32(26)36(34)39;1-3-4-2/h9-25H,7-8H2,1-6H3;3-4H2,1-2H3. The van der Waals surface area contributed by atoms with E-state index in [0.717, 1.165) is 35.4 Å². The fourth-order valence-corrected chi connectivity index (χ4v) is 6.54. The minimum absolute atomic E-state index is 0.187. The van der Waals surface area contributed by atoms with E-state index in [1.807, 2.05) is 45.0 Å². The summed E-state index contributed by atoms with van der Waals surface area (Å²) in [6.07, 6.45) is 4.10. The van der Waals surface area contributed by atoms with E-state index in [9.17, 15) is 4.79 Å². The van der Waals surface area contributed by atoms with Crippen molar-refractivity contribution in [3.05, 3.63) is 125 Å². The number of esters is 1. The van der Waals surface area contributed by atoms with Crippen molar-refractivity contribution < 1.29 is 14.3 Å². The van der Waals surface area contributed by atoms with E-state index in [2.05, 4.69) is 112 Å². The highest BCUT2D eigenvalue weighted by Gasteiger charge is 2.47. The van der Waals surface area contributed by atoms with Gasteiger partial charge in [0.15, 0.2) is 0 Å². The average Bonchev–Trinajstić information content (AvgIpc) is 3.42. The van der Waals surface area contributed by atoms with Gasteiger partial charge in [0.05, 0.1) is 17.9 Å². The lowest BCUT2D eigenvalue weighted by molar-refractivity contribution is -0.145. The van der Waals surface area contributed by atoms with Crippen LogP contribution in [0.4, 0.5) is 5.69 Å². The van der Waals surface area contributed by atoms with Gasteiger partial charge in [-0.3, -0.25) is 4.79 Å². The van der Waals surface area contributed by atoms with E-state index < -0.39 is 10.8 Å². The number of unbranched alkanes of at least 4 members (excludes halogenated alkanes) is 1. The number of nitrogens with zero attached hydrogens (tertiary/aromatic N) is 1. The summed E-state index contributed by atoms with van der Waals surface area (Å²) in [5, 5.41) is 2.42. The lowest BCUT2D eigenvalue weighted by Gasteiger charge is -2.35. The molecular weight excluding hydrogens is 578 g/mol. The van der Waals surface area contributed by atoms with Gasteiger partial charge in [-0.25, -0.2) is 0 Å². The van der Waals surface area contributed by atoms with E-state index in [0.29, 0.717) is 5.75 Å². The summed E-state index contributed by atoms with van der Waals surface area (Å²) in [6.45, 7) is 10.4. The first kappa shape index (κ1) is 33.8. The van der Waals surface area contributed by atoms with Crippen LogP contribution in [0.1, 0.15) is 82.6 Å². The molecule has 0 amide bonds. The molecule has 1 aliphatic rings. The first-order valence-corrected chi connectivity index (χ1v) is 17.0. The molecule has 1 atom stereocenters. The number of carbonyl (C=O) groups excluding carboxylic acids is 1. The highest BCUT2D eigenvalue weighted by Crippen LogP contribution is 2.59. The molecule has 4 nitrogen and oxygen atoms in total. The van der Waals surface area contributed by atoms with Crippen LogP contribution in [-0.2, 0) is 10.2 Å². The maximum atomic E-state index is 13.1. The van der Waals surface area contributed by atoms with Crippen LogP contribution in [0.15, 0.2) is 103 Å². The van der Waals surface area contributed by atoms with Gasteiger partial charge in [0.1, 0.15) is 11.5 Å². The third kappa shape index (κ3) is 6.02. The van der Waals surface area contributed by atoms with Gasteiger partial charge < -0.3 is 14.4 Å². The molecule has 5 aromatic rings. The number of carbonyl (C=O) groups is 1. The zero-order chi connectivity index (χ0) is 33.8. The molecule has 0 fully saturated rings. The van der Waals surface area contributed by atoms with Crippen LogP contribution in [0.2, 0.25) is 0 Å². The van der Waals surface area contributed by atoms with Crippen molar-refractivity contribution in [2.24, 2.45) is 5.41 Å². The Labute approximate surface area is 281 Å². The van der Waals surface area contributed by atoms with Crippen LogP contribution in [-0.4, -0.2) is 27.2 Å². The summed E-state index contributed by atoms with van der Waals surface area (Å²) in [4.78, 5) is 15.3. The second kappa shape index (κ2) is 14.0. The summed E-state index contributed by atoms with van der Waals surface area (Å²) in [6, 6.07) is 36.5. The molecule has 0 saturated heterocycles. The van der Waals surface area contributed by atoms with Crippen molar-refractivity contribution in [3.8, 4) is 22.6 Å². The van der Waals surface area contributed by atoms with Crippen molar-refractivity contribution in [1.29, 1.82) is 0 Å². The van der Waals surface area contributed by atoms with Gasteiger partial charge in [-0.15, -0.1) is 0 Å². The first-order chi connectivity index (χ1) is 22.7. The molecule has 6 rings (SSSR count). The van der Waals surface area contributed by atoms with Crippen LogP contribution < -0.4 is 14.4 Å². The van der Waals surface area contributed by atoms with Crippen LogP contribution >= 0.6 is 0 Å². The van der Waals surface area contributed by atoms with Gasteiger partial charge in [-0.2, -0.15) is 0 Å². The Balaban J connectivity index is 0.00000103. The van der Waals surface area contributed by atoms with Crippen molar-refractivity contribution in [2.75, 3.05) is 26.1 Å². The molecule has 5 aromatic carbocycles. The summed E-state index contributed by atoms with van der Waals surface area (Å²) in [5.41, 5.74) is 7.21. The molecule has 47 heavy (non-hydrogen) atoms. The zero-order valence-electron chi connectivity index (χ0n) is 29.3.